The number of carbonyl (C=O) groups excluding carboxylic acids is 1. The Morgan fingerprint density at radius 1 is 0.692 bits per heavy atom. The molecular formula is C33H22N2O4. The van der Waals surface area contributed by atoms with E-state index in [4.69, 9.17) is 4.42 Å². The molecule has 0 aliphatic rings. The highest BCUT2D eigenvalue weighted by Gasteiger charge is 2.32. The Morgan fingerprint density at radius 3 is 2.10 bits per heavy atom. The maximum absolute atomic E-state index is 13.8. The summed E-state index contributed by atoms with van der Waals surface area (Å²) in [5, 5.41) is 22.7. The summed E-state index contributed by atoms with van der Waals surface area (Å²) in [5.41, 5.74) is 1.15. The van der Waals surface area contributed by atoms with Crippen molar-refractivity contribution in [2.75, 3.05) is 0 Å². The summed E-state index contributed by atoms with van der Waals surface area (Å²) in [4.78, 5) is 27.1. The Labute approximate surface area is 223 Å². The van der Waals surface area contributed by atoms with Crippen LogP contribution in [0, 0.1) is 0 Å². The Morgan fingerprint density at radius 2 is 1.31 bits per heavy atom. The summed E-state index contributed by atoms with van der Waals surface area (Å²) in [6.45, 7) is 0. The Hall–Kier alpha value is -5.36. The number of fused-ring (bicyclic) bond motifs is 2. The zero-order chi connectivity index (χ0) is 26.8. The fraction of sp³-hybridized carbons (Fsp3) is 0.0303. The summed E-state index contributed by atoms with van der Waals surface area (Å²) in [6.07, 6.45) is 0. The number of carbonyl (C=O) groups is 1. The lowest BCUT2D eigenvalue weighted by molar-refractivity contribution is 0.0971. The van der Waals surface area contributed by atoms with Gasteiger partial charge >= 0.3 is 5.63 Å². The molecule has 0 saturated carbocycles. The van der Waals surface area contributed by atoms with E-state index in [1.165, 1.54) is 0 Å². The van der Waals surface area contributed by atoms with Crippen molar-refractivity contribution in [3.8, 4) is 5.75 Å². The highest BCUT2D eigenvalue weighted by Crippen LogP contribution is 2.41. The van der Waals surface area contributed by atoms with Gasteiger partial charge in [-0.05, 0) is 29.1 Å². The maximum Gasteiger partial charge on any atom is 0.344 e. The SMILES string of the molecule is O=C(c1ccccc1)C(c1ccccc1)c1c(O)c2c(N=Nc3cccc4ccccc34)cccc2oc1=O. The third-order valence-electron chi connectivity index (χ3n) is 6.69. The average Bonchev–Trinajstić information content (AvgIpc) is 2.98. The van der Waals surface area contributed by atoms with Gasteiger partial charge in [0, 0.05) is 10.9 Å². The van der Waals surface area contributed by atoms with E-state index < -0.39 is 11.5 Å². The van der Waals surface area contributed by atoms with E-state index in [1.807, 2.05) is 54.6 Å². The van der Waals surface area contributed by atoms with E-state index in [9.17, 15) is 14.7 Å². The molecule has 6 heteroatoms. The van der Waals surface area contributed by atoms with Crippen molar-refractivity contribution in [2.24, 2.45) is 10.2 Å². The maximum atomic E-state index is 13.8. The molecule has 0 amide bonds. The lowest BCUT2D eigenvalue weighted by Gasteiger charge is -2.18. The molecule has 0 spiro atoms. The molecule has 1 atom stereocenters. The van der Waals surface area contributed by atoms with E-state index in [2.05, 4.69) is 10.2 Å². The number of rotatable bonds is 6. The van der Waals surface area contributed by atoms with Crippen molar-refractivity contribution in [1.82, 2.24) is 0 Å². The molecule has 0 aliphatic heterocycles. The lowest BCUT2D eigenvalue weighted by atomic mass is 9.84. The van der Waals surface area contributed by atoms with E-state index in [0.29, 0.717) is 22.5 Å². The fourth-order valence-electron chi connectivity index (χ4n) is 4.83. The van der Waals surface area contributed by atoms with Gasteiger partial charge in [-0.1, -0.05) is 103 Å². The van der Waals surface area contributed by atoms with Gasteiger partial charge in [-0.3, -0.25) is 4.79 Å². The van der Waals surface area contributed by atoms with Crippen molar-refractivity contribution >= 4 is 38.9 Å². The van der Waals surface area contributed by atoms with Crippen molar-refractivity contribution in [2.45, 2.75) is 5.92 Å². The predicted molar refractivity (Wildman–Crippen MR) is 151 cm³/mol. The second-order valence-electron chi connectivity index (χ2n) is 9.07. The van der Waals surface area contributed by atoms with Gasteiger partial charge in [0.2, 0.25) is 0 Å². The van der Waals surface area contributed by atoms with Crippen molar-refractivity contribution in [3.63, 3.8) is 0 Å². The number of Topliss-reactive ketones (excluding diaryl/α,β-unsaturated/α-hetero) is 1. The molecule has 1 heterocycles. The summed E-state index contributed by atoms with van der Waals surface area (Å²) >= 11 is 0. The molecule has 0 saturated heterocycles. The standard InChI is InChI=1S/C33H22N2O4/c36-31(23-14-5-2-6-15-23)28(22-12-3-1-4-13-22)30-32(37)29-26(19-10-20-27(29)39-33(30)38)35-34-25-18-9-16-21-11-7-8-17-24(21)25/h1-20,28,37H. The van der Waals surface area contributed by atoms with Crippen LogP contribution in [0.4, 0.5) is 11.4 Å². The first-order valence-corrected chi connectivity index (χ1v) is 12.4. The molecule has 1 unspecified atom stereocenters. The van der Waals surface area contributed by atoms with E-state index in [0.717, 1.165) is 10.8 Å². The molecule has 6 rings (SSSR count). The topological polar surface area (TPSA) is 92.2 Å². The minimum absolute atomic E-state index is 0.143. The van der Waals surface area contributed by atoms with Crippen LogP contribution in [0.15, 0.2) is 141 Å². The minimum atomic E-state index is -1.09. The summed E-state index contributed by atoms with van der Waals surface area (Å²) in [7, 11) is 0. The molecule has 0 fully saturated rings. The van der Waals surface area contributed by atoms with Crippen molar-refractivity contribution in [1.29, 1.82) is 0 Å². The third kappa shape index (κ3) is 4.49. The summed E-state index contributed by atoms with van der Waals surface area (Å²) in [6, 6.07) is 36.1. The second-order valence-corrected chi connectivity index (χ2v) is 9.07. The zero-order valence-corrected chi connectivity index (χ0v) is 20.7. The Bertz CT molecular complexity index is 1910. The number of hydrogen-bond donors (Lipinski definition) is 1. The van der Waals surface area contributed by atoms with Crippen LogP contribution in [0.2, 0.25) is 0 Å². The Balaban J connectivity index is 1.54. The number of azo groups is 1. The number of nitrogens with zero attached hydrogens (tertiary/aromatic N) is 2. The first-order valence-electron chi connectivity index (χ1n) is 12.4. The molecule has 6 nitrogen and oxygen atoms in total. The molecule has 188 valence electrons. The molecule has 0 aliphatic carbocycles. The molecule has 0 radical (unpaired) electrons. The summed E-state index contributed by atoms with van der Waals surface area (Å²) < 4.78 is 5.66. The van der Waals surface area contributed by atoms with E-state index in [1.54, 1.807) is 66.7 Å². The van der Waals surface area contributed by atoms with Gasteiger partial charge < -0.3 is 9.52 Å². The number of aromatic hydroxyl groups is 1. The van der Waals surface area contributed by atoms with E-state index >= 15 is 0 Å². The van der Waals surface area contributed by atoms with Gasteiger partial charge in [-0.2, -0.15) is 0 Å². The molecule has 5 aromatic carbocycles. The van der Waals surface area contributed by atoms with Crippen LogP contribution in [-0.2, 0) is 0 Å². The number of benzene rings is 5. The molecule has 39 heavy (non-hydrogen) atoms. The van der Waals surface area contributed by atoms with Crippen LogP contribution in [0.5, 0.6) is 5.75 Å². The van der Waals surface area contributed by atoms with Crippen molar-refractivity contribution in [3.05, 3.63) is 148 Å². The van der Waals surface area contributed by atoms with Crippen LogP contribution < -0.4 is 5.63 Å². The molecule has 6 aromatic rings. The van der Waals surface area contributed by atoms with Crippen LogP contribution in [-0.4, -0.2) is 10.9 Å². The van der Waals surface area contributed by atoms with Gasteiger partial charge in [-0.25, -0.2) is 4.79 Å². The smallest absolute Gasteiger partial charge is 0.344 e. The van der Waals surface area contributed by atoms with E-state index in [-0.39, 0.29) is 28.1 Å². The molecule has 1 aromatic heterocycles. The fourth-order valence-corrected chi connectivity index (χ4v) is 4.83. The predicted octanol–water partition coefficient (Wildman–Crippen LogP) is 8.08. The van der Waals surface area contributed by atoms with Crippen molar-refractivity contribution < 1.29 is 14.3 Å². The Kier molecular flexibility index (Phi) is 6.27. The quantitative estimate of drug-likeness (QED) is 0.139. The van der Waals surface area contributed by atoms with Gasteiger partial charge in [0.05, 0.1) is 22.6 Å². The van der Waals surface area contributed by atoms with Gasteiger partial charge in [0.1, 0.15) is 17.0 Å². The highest BCUT2D eigenvalue weighted by atomic mass is 16.4. The number of hydrogen-bond acceptors (Lipinski definition) is 6. The van der Waals surface area contributed by atoms with Crippen LogP contribution in [0.25, 0.3) is 21.7 Å². The lowest BCUT2D eigenvalue weighted by Crippen LogP contribution is -2.21. The van der Waals surface area contributed by atoms with Crippen LogP contribution >= 0.6 is 0 Å². The third-order valence-corrected chi connectivity index (χ3v) is 6.69. The minimum Gasteiger partial charge on any atom is -0.506 e. The molecule has 0 bridgehead atoms. The monoisotopic (exact) mass is 510 g/mol. The number of ketones is 1. The first-order chi connectivity index (χ1) is 19.1. The summed E-state index contributed by atoms with van der Waals surface area (Å²) in [5.74, 6) is -1.78. The van der Waals surface area contributed by atoms with Crippen LogP contribution in [0.3, 0.4) is 0 Å². The largest absolute Gasteiger partial charge is 0.506 e. The zero-order valence-electron chi connectivity index (χ0n) is 20.7. The van der Waals surface area contributed by atoms with Crippen LogP contribution in [0.1, 0.15) is 27.4 Å². The average molecular weight is 511 g/mol. The molecule has 1 N–H and O–H groups in total. The highest BCUT2D eigenvalue weighted by molar-refractivity contribution is 6.05. The molecular weight excluding hydrogens is 488 g/mol. The van der Waals surface area contributed by atoms with Gasteiger partial charge in [0.15, 0.2) is 5.78 Å². The second kappa shape index (κ2) is 10.2. The normalized spacial score (nSPS) is 12.2. The first kappa shape index (κ1) is 24.0. The van der Waals surface area contributed by atoms with Gasteiger partial charge in [-0.15, -0.1) is 10.2 Å². The van der Waals surface area contributed by atoms with Gasteiger partial charge in [0.25, 0.3) is 0 Å².